The predicted molar refractivity (Wildman–Crippen MR) is 46.1 cm³/mol. The van der Waals surface area contributed by atoms with Crippen LogP contribution < -0.4 is 0 Å². The summed E-state index contributed by atoms with van der Waals surface area (Å²) in [5, 5.41) is 7.07. The van der Waals surface area contributed by atoms with Gasteiger partial charge in [-0.3, -0.25) is 0 Å². The normalized spacial score (nSPS) is 28.0. The minimum absolute atomic E-state index is 0.525. The van der Waals surface area contributed by atoms with Crippen molar-refractivity contribution in [2.75, 3.05) is 0 Å². The zero-order valence-electron chi connectivity index (χ0n) is 6.33. The Balaban J connectivity index is 2.14. The van der Waals surface area contributed by atoms with Crippen molar-refractivity contribution in [2.24, 2.45) is 5.92 Å². The summed E-state index contributed by atoms with van der Waals surface area (Å²) in [7, 11) is 0. The summed E-state index contributed by atoms with van der Waals surface area (Å²) < 4.78 is 0. The van der Waals surface area contributed by atoms with Crippen LogP contribution in [0.3, 0.4) is 0 Å². The molecule has 1 nitrogen and oxygen atoms in total. The highest BCUT2D eigenvalue weighted by Crippen LogP contribution is 2.45. The first-order valence-corrected chi connectivity index (χ1v) is 3.97. The van der Waals surface area contributed by atoms with Gasteiger partial charge in [0.1, 0.15) is 0 Å². The van der Waals surface area contributed by atoms with E-state index in [-0.39, 0.29) is 0 Å². The van der Waals surface area contributed by atoms with Gasteiger partial charge in [0.25, 0.3) is 0 Å². The molecule has 0 aliphatic heterocycles. The summed E-state index contributed by atoms with van der Waals surface area (Å²) in [5.41, 5.74) is 1.39. The van der Waals surface area contributed by atoms with Crippen molar-refractivity contribution in [1.82, 2.24) is 0 Å². The van der Waals surface area contributed by atoms with Gasteiger partial charge in [-0.05, 0) is 24.1 Å². The first kappa shape index (κ1) is 6.59. The van der Waals surface area contributed by atoms with Crippen LogP contribution in [0.25, 0.3) is 0 Å². The second kappa shape index (κ2) is 2.50. The number of nitrogens with one attached hydrogen (secondary N) is 1. The molecule has 0 heterocycles. The predicted octanol–water partition coefficient (Wildman–Crippen LogP) is 2.44. The molecule has 1 N–H and O–H groups in total. The van der Waals surface area contributed by atoms with Crippen LogP contribution in [0.15, 0.2) is 30.3 Å². The monoisotopic (exact) mass is 145 g/mol. The molecule has 0 radical (unpaired) electrons. The molecule has 1 aromatic rings. The molecule has 1 aromatic carbocycles. The number of hydrogen-bond donors (Lipinski definition) is 1. The van der Waals surface area contributed by atoms with Crippen LogP contribution in [0.4, 0.5) is 0 Å². The van der Waals surface area contributed by atoms with Gasteiger partial charge in [-0.15, -0.1) is 0 Å². The smallest absolute Gasteiger partial charge is 0.00101 e. The Morgan fingerprint density at radius 1 is 1.27 bits per heavy atom. The van der Waals surface area contributed by atoms with Crippen molar-refractivity contribution in [2.45, 2.75) is 12.3 Å². The molecule has 1 aliphatic carbocycles. The van der Waals surface area contributed by atoms with E-state index in [1.165, 1.54) is 12.0 Å². The molecule has 1 aliphatic rings. The van der Waals surface area contributed by atoms with Gasteiger partial charge in [-0.2, -0.15) is 0 Å². The Morgan fingerprint density at radius 2 is 2.00 bits per heavy atom. The zero-order chi connectivity index (χ0) is 7.68. The molecule has 1 saturated carbocycles. The van der Waals surface area contributed by atoms with Crippen molar-refractivity contribution in [1.29, 1.82) is 5.41 Å². The maximum Gasteiger partial charge on any atom is 0.00101 e. The zero-order valence-corrected chi connectivity index (χ0v) is 6.33. The summed E-state index contributed by atoms with van der Waals surface area (Å²) in [6.45, 7) is 0. The minimum atomic E-state index is 0.525. The largest absolute Gasteiger partial charge is 0.313 e. The Kier molecular flexibility index (Phi) is 1.50. The molecule has 1 unspecified atom stereocenters. The average Bonchev–Trinajstić information content (AvgIpc) is 2.85. The Hall–Kier alpha value is -1.11. The number of hydrogen-bond acceptors (Lipinski definition) is 1. The van der Waals surface area contributed by atoms with E-state index in [2.05, 4.69) is 24.3 Å². The molecule has 2 rings (SSSR count). The molecule has 1 fully saturated rings. The lowest BCUT2D eigenvalue weighted by Gasteiger charge is -1.94. The fourth-order valence-corrected chi connectivity index (χ4v) is 1.48. The van der Waals surface area contributed by atoms with Gasteiger partial charge in [0.2, 0.25) is 0 Å². The first-order chi connectivity index (χ1) is 5.42. The topological polar surface area (TPSA) is 23.9 Å². The van der Waals surface area contributed by atoms with Crippen LogP contribution in [0.2, 0.25) is 0 Å². The van der Waals surface area contributed by atoms with Crippen molar-refractivity contribution in [3.05, 3.63) is 35.9 Å². The molecular weight excluding hydrogens is 134 g/mol. The van der Waals surface area contributed by atoms with E-state index in [0.29, 0.717) is 11.8 Å². The molecule has 0 saturated heterocycles. The van der Waals surface area contributed by atoms with E-state index < -0.39 is 0 Å². The number of rotatable bonds is 2. The van der Waals surface area contributed by atoms with Gasteiger partial charge < -0.3 is 5.41 Å². The molecule has 11 heavy (non-hydrogen) atoms. The Morgan fingerprint density at radius 3 is 2.55 bits per heavy atom. The van der Waals surface area contributed by atoms with Crippen LogP contribution in [-0.2, 0) is 0 Å². The molecule has 56 valence electrons. The second-order valence-electron chi connectivity index (χ2n) is 3.08. The quantitative estimate of drug-likeness (QED) is 0.618. The van der Waals surface area contributed by atoms with Gasteiger partial charge in [0, 0.05) is 5.92 Å². The van der Waals surface area contributed by atoms with E-state index >= 15 is 0 Å². The second-order valence-corrected chi connectivity index (χ2v) is 3.08. The summed E-state index contributed by atoms with van der Waals surface area (Å²) >= 11 is 0. The van der Waals surface area contributed by atoms with Gasteiger partial charge in [-0.1, -0.05) is 30.3 Å². The molecule has 0 bridgehead atoms. The lowest BCUT2D eigenvalue weighted by molar-refractivity contribution is 1.06. The molecule has 0 aromatic heterocycles. The average molecular weight is 145 g/mol. The maximum absolute atomic E-state index is 7.07. The molecular formula is C10H11N. The van der Waals surface area contributed by atoms with Crippen LogP contribution in [0, 0.1) is 11.3 Å². The summed E-state index contributed by atoms with van der Waals surface area (Å²) in [6, 6.07) is 10.5. The van der Waals surface area contributed by atoms with Gasteiger partial charge in [0.05, 0.1) is 0 Å². The van der Waals surface area contributed by atoms with E-state index in [1.807, 2.05) is 6.07 Å². The first-order valence-electron chi connectivity index (χ1n) is 3.97. The molecule has 0 spiro atoms. The summed E-state index contributed by atoms with van der Waals surface area (Å²) in [4.78, 5) is 0. The third-order valence-electron chi connectivity index (χ3n) is 2.28. The van der Waals surface area contributed by atoms with Gasteiger partial charge in [-0.25, -0.2) is 0 Å². The van der Waals surface area contributed by atoms with Crippen LogP contribution >= 0.6 is 0 Å². The lowest BCUT2D eigenvalue weighted by atomic mass is 10.1. The highest BCUT2D eigenvalue weighted by Gasteiger charge is 2.36. The van der Waals surface area contributed by atoms with Crippen molar-refractivity contribution in [3.63, 3.8) is 0 Å². The lowest BCUT2D eigenvalue weighted by Crippen LogP contribution is -1.81. The summed E-state index contributed by atoms with van der Waals surface area (Å²) in [5.74, 6) is 1.17. The third-order valence-corrected chi connectivity index (χ3v) is 2.28. The highest BCUT2D eigenvalue weighted by molar-refractivity contribution is 5.63. The SMILES string of the molecule is N=CC1C[C@H]1c1ccccc1. The van der Waals surface area contributed by atoms with E-state index in [1.54, 1.807) is 6.21 Å². The van der Waals surface area contributed by atoms with Gasteiger partial charge in [0.15, 0.2) is 0 Å². The minimum Gasteiger partial charge on any atom is -0.313 e. The van der Waals surface area contributed by atoms with E-state index in [0.717, 1.165) is 0 Å². The fourth-order valence-electron chi connectivity index (χ4n) is 1.48. The third kappa shape index (κ3) is 1.18. The van der Waals surface area contributed by atoms with Gasteiger partial charge >= 0.3 is 0 Å². The van der Waals surface area contributed by atoms with Crippen molar-refractivity contribution >= 4 is 6.21 Å². The van der Waals surface area contributed by atoms with E-state index in [4.69, 9.17) is 5.41 Å². The Bertz CT molecular complexity index is 253. The van der Waals surface area contributed by atoms with Crippen molar-refractivity contribution < 1.29 is 0 Å². The summed E-state index contributed by atoms with van der Waals surface area (Å²) in [6.07, 6.45) is 2.74. The van der Waals surface area contributed by atoms with Crippen LogP contribution in [0.5, 0.6) is 0 Å². The molecule has 2 atom stereocenters. The van der Waals surface area contributed by atoms with Crippen molar-refractivity contribution in [3.8, 4) is 0 Å². The Labute approximate surface area is 66.6 Å². The van der Waals surface area contributed by atoms with Crippen LogP contribution in [-0.4, -0.2) is 6.21 Å². The van der Waals surface area contributed by atoms with Crippen LogP contribution in [0.1, 0.15) is 17.9 Å². The molecule has 1 heteroatoms. The highest BCUT2D eigenvalue weighted by atomic mass is 14.5. The molecule has 0 amide bonds. The standard InChI is InChI=1S/C10H11N/c11-7-9-6-10(9)8-4-2-1-3-5-8/h1-5,7,9-11H,6H2/t9?,10-/m0/s1. The maximum atomic E-state index is 7.07. The fraction of sp³-hybridized carbons (Fsp3) is 0.300. The van der Waals surface area contributed by atoms with E-state index in [9.17, 15) is 0 Å². The number of benzene rings is 1.